The van der Waals surface area contributed by atoms with Crippen molar-refractivity contribution < 1.29 is 9.13 Å². The molecular formula is C15H22FN3O. The van der Waals surface area contributed by atoms with Crippen molar-refractivity contribution in [1.82, 2.24) is 4.90 Å². The number of halogens is 1. The Morgan fingerprint density at radius 3 is 2.75 bits per heavy atom. The van der Waals surface area contributed by atoms with Crippen molar-refractivity contribution in [2.24, 2.45) is 11.7 Å². The van der Waals surface area contributed by atoms with Crippen LogP contribution in [0, 0.1) is 11.7 Å². The lowest BCUT2D eigenvalue weighted by Crippen LogP contribution is -2.66. The summed E-state index contributed by atoms with van der Waals surface area (Å²) in [6, 6.07) is 4.78. The minimum absolute atomic E-state index is 0.219. The summed E-state index contributed by atoms with van der Waals surface area (Å²) in [4.78, 5) is 2.41. The molecule has 0 radical (unpaired) electrons. The van der Waals surface area contributed by atoms with Gasteiger partial charge in [0.25, 0.3) is 0 Å². The Morgan fingerprint density at radius 1 is 1.45 bits per heavy atom. The Morgan fingerprint density at radius 2 is 2.20 bits per heavy atom. The number of nitrogens with one attached hydrogen (secondary N) is 1. The fraction of sp³-hybridized carbons (Fsp3) is 0.600. The van der Waals surface area contributed by atoms with Crippen LogP contribution in [0.1, 0.15) is 12.8 Å². The fourth-order valence-electron chi connectivity index (χ4n) is 3.59. The van der Waals surface area contributed by atoms with E-state index < -0.39 is 0 Å². The lowest BCUT2D eigenvalue weighted by atomic mass is 9.72. The largest absolute Gasteiger partial charge is 0.497 e. The maximum atomic E-state index is 14.0. The van der Waals surface area contributed by atoms with Crippen LogP contribution in [0.15, 0.2) is 18.2 Å². The van der Waals surface area contributed by atoms with Crippen LogP contribution in [-0.4, -0.2) is 43.7 Å². The lowest BCUT2D eigenvalue weighted by molar-refractivity contribution is 0.0447. The molecule has 3 fully saturated rings. The maximum Gasteiger partial charge on any atom is 0.146 e. The topological polar surface area (TPSA) is 50.5 Å². The standard InChI is InChI=1S/C15H22FN3O/c1-20-12-2-3-13(16)14(8-12)18-15(9-17)10-19-6-4-11(15)5-7-19/h2-3,8,11,18H,4-7,9-10,17H2,1H3. The zero-order valence-corrected chi connectivity index (χ0v) is 11.9. The summed E-state index contributed by atoms with van der Waals surface area (Å²) in [5.41, 5.74) is 6.32. The molecule has 3 saturated heterocycles. The van der Waals surface area contributed by atoms with E-state index in [1.54, 1.807) is 19.2 Å². The number of nitrogens with zero attached hydrogens (tertiary/aromatic N) is 1. The first kappa shape index (κ1) is 13.6. The lowest BCUT2D eigenvalue weighted by Gasteiger charge is -2.53. The molecule has 3 aliphatic rings. The van der Waals surface area contributed by atoms with Crippen molar-refractivity contribution in [3.63, 3.8) is 0 Å². The summed E-state index contributed by atoms with van der Waals surface area (Å²) in [6.45, 7) is 3.68. The monoisotopic (exact) mass is 279 g/mol. The van der Waals surface area contributed by atoms with E-state index in [-0.39, 0.29) is 11.4 Å². The van der Waals surface area contributed by atoms with Crippen LogP contribution < -0.4 is 15.8 Å². The van der Waals surface area contributed by atoms with Gasteiger partial charge in [0.05, 0.1) is 18.3 Å². The second-order valence-corrected chi connectivity index (χ2v) is 5.88. The van der Waals surface area contributed by atoms with Crippen LogP contribution in [0.2, 0.25) is 0 Å². The summed E-state index contributed by atoms with van der Waals surface area (Å²) in [5, 5.41) is 3.40. The highest BCUT2D eigenvalue weighted by Gasteiger charge is 2.46. The quantitative estimate of drug-likeness (QED) is 0.880. The maximum absolute atomic E-state index is 14.0. The molecule has 20 heavy (non-hydrogen) atoms. The van der Waals surface area contributed by atoms with Gasteiger partial charge in [-0.25, -0.2) is 4.39 Å². The van der Waals surface area contributed by atoms with Crippen molar-refractivity contribution in [1.29, 1.82) is 0 Å². The Kier molecular flexibility index (Phi) is 3.56. The predicted octanol–water partition coefficient (Wildman–Crippen LogP) is 1.67. The van der Waals surface area contributed by atoms with Crippen molar-refractivity contribution in [2.45, 2.75) is 18.4 Å². The first-order valence-electron chi connectivity index (χ1n) is 7.21. The van der Waals surface area contributed by atoms with Crippen molar-refractivity contribution in [3.05, 3.63) is 24.0 Å². The molecule has 3 aliphatic heterocycles. The van der Waals surface area contributed by atoms with Gasteiger partial charge in [0, 0.05) is 19.2 Å². The van der Waals surface area contributed by atoms with Crippen LogP contribution in [0.3, 0.4) is 0 Å². The van der Waals surface area contributed by atoms with Gasteiger partial charge < -0.3 is 20.7 Å². The molecule has 3 N–H and O–H groups in total. The third-order valence-corrected chi connectivity index (χ3v) is 4.80. The number of hydrogen-bond donors (Lipinski definition) is 2. The summed E-state index contributed by atoms with van der Waals surface area (Å²) < 4.78 is 19.2. The molecule has 2 bridgehead atoms. The molecule has 0 aromatic heterocycles. The van der Waals surface area contributed by atoms with Crippen LogP contribution in [0.5, 0.6) is 5.75 Å². The summed E-state index contributed by atoms with van der Waals surface area (Å²) in [5.74, 6) is 0.917. The molecule has 1 unspecified atom stereocenters. The van der Waals surface area contributed by atoms with E-state index in [0.29, 0.717) is 23.9 Å². The van der Waals surface area contributed by atoms with Gasteiger partial charge in [-0.2, -0.15) is 0 Å². The van der Waals surface area contributed by atoms with Gasteiger partial charge in [-0.1, -0.05) is 0 Å². The molecular weight excluding hydrogens is 257 g/mol. The van der Waals surface area contributed by atoms with E-state index >= 15 is 0 Å². The van der Waals surface area contributed by atoms with E-state index in [2.05, 4.69) is 10.2 Å². The third kappa shape index (κ3) is 2.25. The molecule has 3 heterocycles. The Bertz CT molecular complexity index is 488. The van der Waals surface area contributed by atoms with E-state index in [0.717, 1.165) is 32.5 Å². The number of benzene rings is 1. The van der Waals surface area contributed by atoms with Gasteiger partial charge >= 0.3 is 0 Å². The molecule has 0 spiro atoms. The normalized spacial score (nSPS) is 32.1. The second-order valence-electron chi connectivity index (χ2n) is 5.88. The van der Waals surface area contributed by atoms with Crippen LogP contribution in [0.4, 0.5) is 10.1 Å². The molecule has 0 amide bonds. The zero-order valence-electron chi connectivity index (χ0n) is 11.9. The van der Waals surface area contributed by atoms with Crippen molar-refractivity contribution in [3.8, 4) is 5.75 Å². The zero-order chi connectivity index (χ0) is 14.2. The predicted molar refractivity (Wildman–Crippen MR) is 77.5 cm³/mol. The van der Waals surface area contributed by atoms with Gasteiger partial charge in [0.1, 0.15) is 11.6 Å². The van der Waals surface area contributed by atoms with Gasteiger partial charge in [-0.3, -0.25) is 0 Å². The number of nitrogens with two attached hydrogens (primary N) is 1. The fourth-order valence-corrected chi connectivity index (χ4v) is 3.59. The molecule has 4 nitrogen and oxygen atoms in total. The highest BCUT2D eigenvalue weighted by Crippen LogP contribution is 2.38. The van der Waals surface area contributed by atoms with Crippen LogP contribution >= 0.6 is 0 Å². The average molecular weight is 279 g/mol. The van der Waals surface area contributed by atoms with Crippen molar-refractivity contribution >= 4 is 5.69 Å². The first-order chi connectivity index (χ1) is 9.66. The molecule has 1 aromatic carbocycles. The molecule has 5 heteroatoms. The summed E-state index contributed by atoms with van der Waals surface area (Å²) in [7, 11) is 1.59. The minimum Gasteiger partial charge on any atom is -0.497 e. The molecule has 1 aromatic rings. The molecule has 0 saturated carbocycles. The number of piperidine rings is 3. The number of fused-ring (bicyclic) bond motifs is 3. The molecule has 110 valence electrons. The molecule has 0 aliphatic carbocycles. The van der Waals surface area contributed by atoms with E-state index in [1.165, 1.54) is 6.07 Å². The molecule has 1 atom stereocenters. The SMILES string of the molecule is COc1ccc(F)c(NC2(CN)CN3CCC2CC3)c1. The third-order valence-electron chi connectivity index (χ3n) is 4.80. The number of rotatable bonds is 4. The van der Waals surface area contributed by atoms with E-state index in [4.69, 9.17) is 10.5 Å². The highest BCUT2D eigenvalue weighted by molar-refractivity contribution is 5.52. The van der Waals surface area contributed by atoms with Gasteiger partial charge in [0.15, 0.2) is 0 Å². The van der Waals surface area contributed by atoms with Gasteiger partial charge in [-0.15, -0.1) is 0 Å². The van der Waals surface area contributed by atoms with Crippen molar-refractivity contribution in [2.75, 3.05) is 38.6 Å². The number of ether oxygens (including phenoxy) is 1. The minimum atomic E-state index is -0.255. The average Bonchev–Trinajstić information content (AvgIpc) is 2.50. The Hall–Kier alpha value is -1.33. The smallest absolute Gasteiger partial charge is 0.146 e. The number of anilines is 1. The number of hydrogen-bond acceptors (Lipinski definition) is 4. The highest BCUT2D eigenvalue weighted by atomic mass is 19.1. The first-order valence-corrected chi connectivity index (χ1v) is 7.21. The van der Waals surface area contributed by atoms with E-state index in [9.17, 15) is 4.39 Å². The van der Waals surface area contributed by atoms with E-state index in [1.807, 2.05) is 0 Å². The Labute approximate surface area is 119 Å². The second kappa shape index (κ2) is 5.22. The van der Waals surface area contributed by atoms with Gasteiger partial charge in [-0.05, 0) is 44.0 Å². The molecule has 4 rings (SSSR count). The summed E-state index contributed by atoms with van der Waals surface area (Å²) in [6.07, 6.45) is 2.27. The summed E-state index contributed by atoms with van der Waals surface area (Å²) >= 11 is 0. The van der Waals surface area contributed by atoms with Crippen LogP contribution in [0.25, 0.3) is 0 Å². The van der Waals surface area contributed by atoms with Gasteiger partial charge in [0.2, 0.25) is 0 Å². The van der Waals surface area contributed by atoms with Crippen LogP contribution in [-0.2, 0) is 0 Å². The Balaban J connectivity index is 1.88. The number of methoxy groups -OCH3 is 1.